The summed E-state index contributed by atoms with van der Waals surface area (Å²) in [6.45, 7) is 7.72. The number of hydrogen-bond donors (Lipinski definition) is 1. The number of pyridine rings is 1. The van der Waals surface area contributed by atoms with Crippen molar-refractivity contribution < 1.29 is 14.3 Å². The SMILES string of the molecule is CC.CCC(C)c1nc(Cl)c(F)cc1C(=O)O. The molecule has 1 heterocycles. The highest BCUT2D eigenvalue weighted by Crippen LogP contribution is 2.24. The van der Waals surface area contributed by atoms with E-state index < -0.39 is 11.8 Å². The lowest BCUT2D eigenvalue weighted by atomic mass is 9.99. The third-order valence-corrected chi connectivity index (χ3v) is 2.54. The average molecular weight is 262 g/mol. The van der Waals surface area contributed by atoms with Crippen LogP contribution in [0.1, 0.15) is 56.1 Å². The Bertz CT molecular complexity index is 396. The predicted octanol–water partition coefficient (Wildman–Crippen LogP) is 4.11. The molecule has 0 saturated heterocycles. The molecule has 0 aliphatic rings. The van der Waals surface area contributed by atoms with E-state index in [9.17, 15) is 9.18 Å². The Balaban J connectivity index is 0.00000121. The Morgan fingerprint density at radius 1 is 1.59 bits per heavy atom. The molecule has 0 spiro atoms. The van der Waals surface area contributed by atoms with Crippen LogP contribution in [0.15, 0.2) is 6.07 Å². The predicted molar refractivity (Wildman–Crippen MR) is 66.2 cm³/mol. The normalized spacial score (nSPS) is 11.4. The van der Waals surface area contributed by atoms with Crippen molar-refractivity contribution in [1.82, 2.24) is 4.98 Å². The summed E-state index contributed by atoms with van der Waals surface area (Å²) in [6.07, 6.45) is 0.718. The van der Waals surface area contributed by atoms with Crippen molar-refractivity contribution in [3.05, 3.63) is 28.3 Å². The van der Waals surface area contributed by atoms with Gasteiger partial charge in [-0.3, -0.25) is 0 Å². The zero-order chi connectivity index (χ0) is 13.6. The largest absolute Gasteiger partial charge is 0.478 e. The fourth-order valence-corrected chi connectivity index (χ4v) is 1.37. The molecule has 0 fully saturated rings. The molecule has 0 amide bonds. The van der Waals surface area contributed by atoms with Gasteiger partial charge in [0.05, 0.1) is 11.3 Å². The molecule has 3 nitrogen and oxygen atoms in total. The van der Waals surface area contributed by atoms with Crippen LogP contribution in [0.2, 0.25) is 5.15 Å². The standard InChI is InChI=1S/C10H11ClFNO2.C2H6/c1-3-5(2)8-6(10(14)15)4-7(12)9(11)13-8;1-2/h4-5H,3H2,1-2H3,(H,14,15);1-2H3. The highest BCUT2D eigenvalue weighted by atomic mass is 35.5. The number of halogens is 2. The average Bonchev–Trinajstić information content (AvgIpc) is 2.33. The van der Waals surface area contributed by atoms with E-state index >= 15 is 0 Å². The summed E-state index contributed by atoms with van der Waals surface area (Å²) in [7, 11) is 0. The van der Waals surface area contributed by atoms with Gasteiger partial charge < -0.3 is 5.11 Å². The maximum atomic E-state index is 13.0. The molecule has 1 rings (SSSR count). The molecule has 1 aromatic heterocycles. The first kappa shape index (κ1) is 15.8. The minimum atomic E-state index is -1.19. The molecule has 0 aliphatic heterocycles. The van der Waals surface area contributed by atoms with Gasteiger partial charge in [0.15, 0.2) is 11.0 Å². The second-order valence-electron chi connectivity index (χ2n) is 3.31. The molecule has 0 bridgehead atoms. The molecule has 96 valence electrons. The Labute approximate surface area is 106 Å². The molecule has 0 aromatic carbocycles. The van der Waals surface area contributed by atoms with E-state index in [2.05, 4.69) is 4.98 Å². The summed E-state index contributed by atoms with van der Waals surface area (Å²) in [4.78, 5) is 14.6. The van der Waals surface area contributed by atoms with E-state index in [0.717, 1.165) is 12.5 Å². The number of aromatic nitrogens is 1. The second-order valence-corrected chi connectivity index (χ2v) is 3.67. The van der Waals surface area contributed by atoms with Gasteiger partial charge in [0.2, 0.25) is 0 Å². The molecule has 1 N–H and O–H groups in total. The number of carboxylic acids is 1. The van der Waals surface area contributed by atoms with Crippen LogP contribution >= 0.6 is 11.6 Å². The summed E-state index contributed by atoms with van der Waals surface area (Å²) < 4.78 is 13.0. The number of carbonyl (C=O) groups is 1. The fourth-order valence-electron chi connectivity index (χ4n) is 1.22. The summed E-state index contributed by atoms with van der Waals surface area (Å²) in [5.74, 6) is -2.05. The monoisotopic (exact) mass is 261 g/mol. The minimum absolute atomic E-state index is 0.0609. The van der Waals surface area contributed by atoms with Crippen LogP contribution in [0.4, 0.5) is 4.39 Å². The van der Waals surface area contributed by atoms with Gasteiger partial charge in [-0.15, -0.1) is 0 Å². The van der Waals surface area contributed by atoms with Gasteiger partial charge in [-0.2, -0.15) is 0 Å². The molecule has 5 heteroatoms. The minimum Gasteiger partial charge on any atom is -0.478 e. The Hall–Kier alpha value is -1.16. The van der Waals surface area contributed by atoms with Gasteiger partial charge in [0.25, 0.3) is 0 Å². The van der Waals surface area contributed by atoms with Crippen molar-refractivity contribution in [3.8, 4) is 0 Å². The molecule has 17 heavy (non-hydrogen) atoms. The van der Waals surface area contributed by atoms with Crippen LogP contribution in [0, 0.1) is 5.82 Å². The molecule has 0 aliphatic carbocycles. The molecule has 1 atom stereocenters. The zero-order valence-electron chi connectivity index (χ0n) is 10.4. The van der Waals surface area contributed by atoms with E-state index in [0.29, 0.717) is 5.69 Å². The van der Waals surface area contributed by atoms with Gasteiger partial charge in [0, 0.05) is 0 Å². The van der Waals surface area contributed by atoms with Crippen molar-refractivity contribution >= 4 is 17.6 Å². The lowest BCUT2D eigenvalue weighted by Crippen LogP contribution is -2.09. The fraction of sp³-hybridized carbons (Fsp3) is 0.500. The topological polar surface area (TPSA) is 50.2 Å². The quantitative estimate of drug-likeness (QED) is 0.833. The molecule has 1 unspecified atom stereocenters. The summed E-state index contributed by atoms with van der Waals surface area (Å²) in [5, 5.41) is 8.59. The van der Waals surface area contributed by atoms with Crippen molar-refractivity contribution in [2.75, 3.05) is 0 Å². The van der Waals surface area contributed by atoms with Crippen molar-refractivity contribution in [2.45, 2.75) is 40.0 Å². The van der Waals surface area contributed by atoms with Crippen LogP contribution in [0.25, 0.3) is 0 Å². The van der Waals surface area contributed by atoms with E-state index in [1.807, 2.05) is 27.7 Å². The van der Waals surface area contributed by atoms with E-state index in [1.165, 1.54) is 0 Å². The van der Waals surface area contributed by atoms with Gasteiger partial charge in [-0.1, -0.05) is 39.3 Å². The number of carboxylic acid groups (broad SMARTS) is 1. The molecule has 0 radical (unpaired) electrons. The van der Waals surface area contributed by atoms with Crippen LogP contribution in [-0.2, 0) is 0 Å². The molecular weight excluding hydrogens is 245 g/mol. The zero-order valence-corrected chi connectivity index (χ0v) is 11.2. The highest BCUT2D eigenvalue weighted by molar-refractivity contribution is 6.29. The second kappa shape index (κ2) is 7.22. The Morgan fingerprint density at radius 3 is 2.53 bits per heavy atom. The van der Waals surface area contributed by atoms with Crippen LogP contribution in [0.5, 0.6) is 0 Å². The smallest absolute Gasteiger partial charge is 0.337 e. The molecular formula is C12H17ClFNO2. The van der Waals surface area contributed by atoms with Gasteiger partial charge in [-0.25, -0.2) is 14.2 Å². The number of aromatic carboxylic acids is 1. The number of rotatable bonds is 3. The first-order valence-electron chi connectivity index (χ1n) is 5.56. The number of nitrogens with zero attached hydrogens (tertiary/aromatic N) is 1. The van der Waals surface area contributed by atoms with Gasteiger partial charge in [-0.05, 0) is 18.4 Å². The third kappa shape index (κ3) is 3.97. The summed E-state index contributed by atoms with van der Waals surface area (Å²) >= 11 is 5.51. The maximum absolute atomic E-state index is 13.0. The van der Waals surface area contributed by atoms with Crippen LogP contribution in [0.3, 0.4) is 0 Å². The first-order chi connectivity index (χ1) is 7.97. The van der Waals surface area contributed by atoms with Gasteiger partial charge in [0.1, 0.15) is 0 Å². The Morgan fingerprint density at radius 2 is 2.12 bits per heavy atom. The Kier molecular flexibility index (Phi) is 6.73. The summed E-state index contributed by atoms with van der Waals surface area (Å²) in [6, 6.07) is 0.916. The molecule has 0 saturated carbocycles. The summed E-state index contributed by atoms with van der Waals surface area (Å²) in [5.41, 5.74) is 0.211. The third-order valence-electron chi connectivity index (χ3n) is 2.27. The van der Waals surface area contributed by atoms with Crippen LogP contribution in [-0.4, -0.2) is 16.1 Å². The van der Waals surface area contributed by atoms with E-state index in [-0.39, 0.29) is 16.6 Å². The first-order valence-corrected chi connectivity index (χ1v) is 5.94. The van der Waals surface area contributed by atoms with Crippen LogP contribution < -0.4 is 0 Å². The van der Waals surface area contributed by atoms with Crippen molar-refractivity contribution in [2.24, 2.45) is 0 Å². The lowest BCUT2D eigenvalue weighted by Gasteiger charge is -2.11. The van der Waals surface area contributed by atoms with E-state index in [4.69, 9.17) is 16.7 Å². The lowest BCUT2D eigenvalue weighted by molar-refractivity contribution is 0.0694. The van der Waals surface area contributed by atoms with E-state index in [1.54, 1.807) is 0 Å². The van der Waals surface area contributed by atoms with Gasteiger partial charge >= 0.3 is 5.97 Å². The number of hydrogen-bond acceptors (Lipinski definition) is 2. The van der Waals surface area contributed by atoms with Crippen molar-refractivity contribution in [1.29, 1.82) is 0 Å². The maximum Gasteiger partial charge on any atom is 0.337 e. The van der Waals surface area contributed by atoms with Crippen molar-refractivity contribution in [3.63, 3.8) is 0 Å². The highest BCUT2D eigenvalue weighted by Gasteiger charge is 2.19. The molecule has 1 aromatic rings.